The SMILES string of the molecule is COC(CNC(=O)C1CCNC1)C(=O)O. The molecule has 1 heterocycles. The molecule has 6 nitrogen and oxygen atoms in total. The van der Waals surface area contributed by atoms with E-state index >= 15 is 0 Å². The zero-order valence-corrected chi connectivity index (χ0v) is 8.66. The molecule has 0 aromatic rings. The molecule has 0 aromatic heterocycles. The number of carbonyl (C=O) groups excluding carboxylic acids is 1. The van der Waals surface area contributed by atoms with Crippen LogP contribution in [0.4, 0.5) is 0 Å². The van der Waals surface area contributed by atoms with Crippen LogP contribution in [0.3, 0.4) is 0 Å². The number of nitrogens with one attached hydrogen (secondary N) is 2. The molecule has 1 amide bonds. The summed E-state index contributed by atoms with van der Waals surface area (Å²) in [5, 5.41) is 14.3. The standard InChI is InChI=1S/C9H16N2O4/c1-15-7(9(13)14)5-11-8(12)6-2-3-10-4-6/h6-7,10H,2-5H2,1H3,(H,11,12)(H,13,14). The number of ether oxygens (including phenoxy) is 1. The highest BCUT2D eigenvalue weighted by atomic mass is 16.5. The maximum Gasteiger partial charge on any atom is 0.334 e. The number of carbonyl (C=O) groups is 2. The van der Waals surface area contributed by atoms with E-state index in [1.807, 2.05) is 0 Å². The minimum Gasteiger partial charge on any atom is -0.479 e. The molecule has 0 aromatic carbocycles. The first-order chi connectivity index (χ1) is 7.15. The first-order valence-electron chi connectivity index (χ1n) is 4.89. The highest BCUT2D eigenvalue weighted by Crippen LogP contribution is 2.06. The van der Waals surface area contributed by atoms with Crippen LogP contribution in [0.2, 0.25) is 0 Å². The number of carboxylic acids is 1. The van der Waals surface area contributed by atoms with Crippen molar-refractivity contribution in [2.75, 3.05) is 26.7 Å². The van der Waals surface area contributed by atoms with Crippen molar-refractivity contribution < 1.29 is 19.4 Å². The Hall–Kier alpha value is -1.14. The first-order valence-corrected chi connectivity index (χ1v) is 4.89. The van der Waals surface area contributed by atoms with Gasteiger partial charge >= 0.3 is 5.97 Å². The lowest BCUT2D eigenvalue weighted by atomic mass is 10.1. The maximum atomic E-state index is 11.5. The monoisotopic (exact) mass is 216 g/mol. The van der Waals surface area contributed by atoms with Crippen LogP contribution in [-0.2, 0) is 14.3 Å². The van der Waals surface area contributed by atoms with Crippen LogP contribution in [0.1, 0.15) is 6.42 Å². The van der Waals surface area contributed by atoms with Crippen LogP contribution in [0.25, 0.3) is 0 Å². The van der Waals surface area contributed by atoms with Gasteiger partial charge in [-0.15, -0.1) is 0 Å². The summed E-state index contributed by atoms with van der Waals surface area (Å²) in [5.41, 5.74) is 0. The Morgan fingerprint density at radius 2 is 2.40 bits per heavy atom. The lowest BCUT2D eigenvalue weighted by Gasteiger charge is -2.13. The van der Waals surface area contributed by atoms with E-state index in [-0.39, 0.29) is 18.4 Å². The fourth-order valence-electron chi connectivity index (χ4n) is 1.49. The zero-order chi connectivity index (χ0) is 11.3. The van der Waals surface area contributed by atoms with Crippen LogP contribution < -0.4 is 10.6 Å². The van der Waals surface area contributed by atoms with E-state index in [0.29, 0.717) is 6.54 Å². The summed E-state index contributed by atoms with van der Waals surface area (Å²) < 4.78 is 4.69. The first kappa shape index (κ1) is 11.9. The molecule has 1 aliphatic heterocycles. The summed E-state index contributed by atoms with van der Waals surface area (Å²) in [4.78, 5) is 22.1. The number of hydrogen-bond donors (Lipinski definition) is 3. The molecule has 3 N–H and O–H groups in total. The molecule has 0 aliphatic carbocycles. The average Bonchev–Trinajstić information content (AvgIpc) is 2.70. The van der Waals surface area contributed by atoms with Crippen molar-refractivity contribution in [3.8, 4) is 0 Å². The lowest BCUT2D eigenvalue weighted by Crippen LogP contribution is -2.40. The smallest absolute Gasteiger partial charge is 0.334 e. The highest BCUT2D eigenvalue weighted by molar-refractivity contribution is 5.80. The third kappa shape index (κ3) is 3.49. The van der Waals surface area contributed by atoms with E-state index in [0.717, 1.165) is 13.0 Å². The van der Waals surface area contributed by atoms with Gasteiger partial charge in [-0.25, -0.2) is 4.79 Å². The van der Waals surface area contributed by atoms with Gasteiger partial charge in [-0.05, 0) is 13.0 Å². The lowest BCUT2D eigenvalue weighted by molar-refractivity contribution is -0.148. The van der Waals surface area contributed by atoms with Gasteiger partial charge in [0.2, 0.25) is 5.91 Å². The van der Waals surface area contributed by atoms with Gasteiger partial charge in [0, 0.05) is 13.7 Å². The normalized spacial score (nSPS) is 22.3. The molecule has 1 saturated heterocycles. The van der Waals surface area contributed by atoms with E-state index in [9.17, 15) is 9.59 Å². The fourth-order valence-corrected chi connectivity index (χ4v) is 1.49. The number of amides is 1. The molecule has 2 atom stereocenters. The molecule has 0 bridgehead atoms. The molecule has 0 radical (unpaired) electrons. The van der Waals surface area contributed by atoms with Crippen molar-refractivity contribution >= 4 is 11.9 Å². The quantitative estimate of drug-likeness (QED) is 0.538. The van der Waals surface area contributed by atoms with Crippen molar-refractivity contribution in [2.24, 2.45) is 5.92 Å². The number of aliphatic carboxylic acids is 1. The topological polar surface area (TPSA) is 87.7 Å². The summed E-state index contributed by atoms with van der Waals surface area (Å²) in [5.74, 6) is -1.22. The molecule has 1 rings (SSSR count). The number of methoxy groups -OCH3 is 1. The largest absolute Gasteiger partial charge is 0.479 e. The van der Waals surface area contributed by atoms with Crippen molar-refractivity contribution in [1.29, 1.82) is 0 Å². The summed E-state index contributed by atoms with van der Waals surface area (Å²) in [6.07, 6.45) is -0.167. The van der Waals surface area contributed by atoms with E-state index in [4.69, 9.17) is 9.84 Å². The predicted molar refractivity (Wildman–Crippen MR) is 52.4 cm³/mol. The summed E-state index contributed by atoms with van der Waals surface area (Å²) in [6.45, 7) is 1.52. The molecule has 86 valence electrons. The second-order valence-corrected chi connectivity index (χ2v) is 3.50. The average molecular weight is 216 g/mol. The van der Waals surface area contributed by atoms with E-state index in [1.165, 1.54) is 7.11 Å². The van der Waals surface area contributed by atoms with Crippen molar-refractivity contribution in [1.82, 2.24) is 10.6 Å². The van der Waals surface area contributed by atoms with E-state index < -0.39 is 12.1 Å². The van der Waals surface area contributed by atoms with E-state index in [2.05, 4.69) is 10.6 Å². The molecular formula is C9H16N2O4. The second-order valence-electron chi connectivity index (χ2n) is 3.50. The van der Waals surface area contributed by atoms with Crippen molar-refractivity contribution in [2.45, 2.75) is 12.5 Å². The van der Waals surface area contributed by atoms with Gasteiger partial charge in [0.1, 0.15) is 0 Å². The van der Waals surface area contributed by atoms with Gasteiger partial charge in [0.15, 0.2) is 6.10 Å². The van der Waals surface area contributed by atoms with Crippen molar-refractivity contribution in [3.63, 3.8) is 0 Å². The minimum atomic E-state index is -1.07. The zero-order valence-electron chi connectivity index (χ0n) is 8.66. The van der Waals surface area contributed by atoms with Crippen molar-refractivity contribution in [3.05, 3.63) is 0 Å². The molecule has 1 fully saturated rings. The van der Waals surface area contributed by atoms with Crippen LogP contribution in [0.5, 0.6) is 0 Å². The maximum absolute atomic E-state index is 11.5. The van der Waals surface area contributed by atoms with Gasteiger partial charge in [-0.2, -0.15) is 0 Å². The summed E-state index contributed by atoms with van der Waals surface area (Å²) in [6, 6.07) is 0. The molecule has 15 heavy (non-hydrogen) atoms. The van der Waals surface area contributed by atoms with E-state index in [1.54, 1.807) is 0 Å². The number of carboxylic acid groups (broad SMARTS) is 1. The van der Waals surface area contributed by atoms with Gasteiger partial charge in [0.25, 0.3) is 0 Å². The Labute approximate surface area is 88.0 Å². The van der Waals surface area contributed by atoms with Gasteiger partial charge < -0.3 is 20.5 Å². The summed E-state index contributed by atoms with van der Waals surface area (Å²) >= 11 is 0. The van der Waals surface area contributed by atoms with Gasteiger partial charge in [-0.1, -0.05) is 0 Å². The Bertz CT molecular complexity index is 238. The second kappa shape index (κ2) is 5.67. The molecule has 6 heteroatoms. The Kier molecular flexibility index (Phi) is 4.51. The fraction of sp³-hybridized carbons (Fsp3) is 0.778. The van der Waals surface area contributed by atoms with Gasteiger partial charge in [-0.3, -0.25) is 4.79 Å². The molecule has 0 saturated carbocycles. The third-order valence-electron chi connectivity index (χ3n) is 2.45. The number of rotatable bonds is 5. The third-order valence-corrected chi connectivity index (χ3v) is 2.45. The van der Waals surface area contributed by atoms with Crippen LogP contribution in [-0.4, -0.2) is 49.8 Å². The minimum absolute atomic E-state index is 0.0150. The highest BCUT2D eigenvalue weighted by Gasteiger charge is 2.24. The Balaban J connectivity index is 2.28. The number of hydrogen-bond acceptors (Lipinski definition) is 4. The Morgan fingerprint density at radius 3 is 2.87 bits per heavy atom. The predicted octanol–water partition coefficient (Wildman–Crippen LogP) is -1.19. The summed E-state index contributed by atoms with van der Waals surface area (Å²) in [7, 11) is 1.31. The Morgan fingerprint density at radius 1 is 1.67 bits per heavy atom. The molecule has 2 unspecified atom stereocenters. The van der Waals surface area contributed by atoms with Crippen LogP contribution in [0.15, 0.2) is 0 Å². The van der Waals surface area contributed by atoms with Crippen LogP contribution in [0, 0.1) is 5.92 Å². The molecular weight excluding hydrogens is 200 g/mol. The van der Waals surface area contributed by atoms with Gasteiger partial charge in [0.05, 0.1) is 12.5 Å². The molecule has 0 spiro atoms. The molecule has 1 aliphatic rings. The van der Waals surface area contributed by atoms with Crippen LogP contribution >= 0.6 is 0 Å².